The summed E-state index contributed by atoms with van der Waals surface area (Å²) in [5.41, 5.74) is 7.64. The van der Waals surface area contributed by atoms with Crippen LogP contribution in [0.4, 0.5) is 10.5 Å². The Balaban J connectivity index is 0.00000320. The van der Waals surface area contributed by atoms with Crippen molar-refractivity contribution in [1.82, 2.24) is 15.5 Å². The molecule has 1 fully saturated rings. The number of nitrogens with zero attached hydrogens (tertiary/aromatic N) is 3. The maximum atomic E-state index is 12.6. The van der Waals surface area contributed by atoms with Gasteiger partial charge in [-0.1, -0.05) is 18.2 Å². The quantitative estimate of drug-likeness (QED) is 0.228. The molecule has 0 spiro atoms. The number of aliphatic imine (C=N–C) groups is 1. The van der Waals surface area contributed by atoms with Crippen LogP contribution in [-0.4, -0.2) is 61.6 Å². The molecule has 8 nitrogen and oxygen atoms in total. The molecule has 0 bridgehead atoms. The highest BCUT2D eigenvalue weighted by Gasteiger charge is 2.24. The van der Waals surface area contributed by atoms with Gasteiger partial charge >= 0.3 is 6.03 Å². The van der Waals surface area contributed by atoms with Crippen molar-refractivity contribution < 1.29 is 9.59 Å². The third-order valence-electron chi connectivity index (χ3n) is 5.50. The van der Waals surface area contributed by atoms with Crippen LogP contribution in [0.3, 0.4) is 0 Å². The van der Waals surface area contributed by atoms with E-state index in [1.54, 1.807) is 4.90 Å². The van der Waals surface area contributed by atoms with Crippen molar-refractivity contribution in [2.75, 3.05) is 37.6 Å². The lowest BCUT2D eigenvalue weighted by molar-refractivity contribution is -0.118. The van der Waals surface area contributed by atoms with E-state index in [1.807, 2.05) is 30.0 Å². The van der Waals surface area contributed by atoms with E-state index < -0.39 is 0 Å². The standard InChI is InChI=1S/C21H32N6O2.HI/c1-2-23-21(25-17-10-13-26(14-11-17)20(22)29)24-12-5-8-19(28)27-15-9-16-6-3-4-7-18(16)27;/h3-4,6-7,17H,2,5,8-15H2,1H3,(H2,22,29)(H2,23,24,25);1H. The minimum atomic E-state index is -0.352. The molecule has 30 heavy (non-hydrogen) atoms. The molecule has 0 atom stereocenters. The number of fused-ring (bicyclic) bond motifs is 1. The van der Waals surface area contributed by atoms with Gasteiger partial charge in [0.1, 0.15) is 0 Å². The van der Waals surface area contributed by atoms with Crippen LogP contribution in [0.15, 0.2) is 29.3 Å². The molecule has 0 aliphatic carbocycles. The summed E-state index contributed by atoms with van der Waals surface area (Å²) in [6.07, 6.45) is 3.84. The van der Waals surface area contributed by atoms with Crippen LogP contribution < -0.4 is 21.3 Å². The number of carbonyl (C=O) groups excluding carboxylic acids is 2. The number of rotatable bonds is 6. The highest BCUT2D eigenvalue weighted by molar-refractivity contribution is 14.0. The van der Waals surface area contributed by atoms with Crippen LogP contribution in [0.25, 0.3) is 0 Å². The van der Waals surface area contributed by atoms with E-state index in [0.29, 0.717) is 32.5 Å². The first-order chi connectivity index (χ1) is 14.1. The first-order valence-corrected chi connectivity index (χ1v) is 10.6. The Morgan fingerprint density at radius 2 is 1.93 bits per heavy atom. The van der Waals surface area contributed by atoms with Gasteiger partial charge in [-0.2, -0.15) is 0 Å². The van der Waals surface area contributed by atoms with Crippen molar-refractivity contribution in [2.24, 2.45) is 10.7 Å². The van der Waals surface area contributed by atoms with E-state index in [1.165, 1.54) is 5.56 Å². The highest BCUT2D eigenvalue weighted by atomic mass is 127. The van der Waals surface area contributed by atoms with Gasteiger partial charge in [-0.25, -0.2) is 4.79 Å². The summed E-state index contributed by atoms with van der Waals surface area (Å²) >= 11 is 0. The smallest absolute Gasteiger partial charge is 0.314 e. The second-order valence-corrected chi connectivity index (χ2v) is 7.53. The van der Waals surface area contributed by atoms with E-state index in [0.717, 1.165) is 44.0 Å². The molecule has 2 aliphatic heterocycles. The number of benzene rings is 1. The molecular formula is C21H33IN6O2. The summed E-state index contributed by atoms with van der Waals surface area (Å²) < 4.78 is 0. The zero-order valence-corrected chi connectivity index (χ0v) is 19.9. The predicted molar refractivity (Wildman–Crippen MR) is 130 cm³/mol. The van der Waals surface area contributed by atoms with Gasteiger partial charge < -0.3 is 26.2 Å². The molecule has 3 rings (SSSR count). The molecule has 1 saturated heterocycles. The van der Waals surface area contributed by atoms with Gasteiger partial charge in [0, 0.05) is 50.9 Å². The fraction of sp³-hybridized carbons (Fsp3) is 0.571. The summed E-state index contributed by atoms with van der Waals surface area (Å²) in [7, 11) is 0. The molecule has 0 radical (unpaired) electrons. The van der Waals surface area contributed by atoms with Crippen molar-refractivity contribution in [2.45, 2.75) is 45.1 Å². The van der Waals surface area contributed by atoms with Crippen LogP contribution in [0.1, 0.15) is 38.2 Å². The molecular weight excluding hydrogens is 495 g/mol. The van der Waals surface area contributed by atoms with Gasteiger partial charge in [0.2, 0.25) is 5.91 Å². The summed E-state index contributed by atoms with van der Waals surface area (Å²) in [5, 5.41) is 6.70. The van der Waals surface area contributed by atoms with Crippen molar-refractivity contribution >= 4 is 47.6 Å². The summed E-state index contributed by atoms with van der Waals surface area (Å²) in [4.78, 5) is 32.0. The lowest BCUT2D eigenvalue weighted by Crippen LogP contribution is -2.50. The van der Waals surface area contributed by atoms with Crippen LogP contribution in [0.2, 0.25) is 0 Å². The number of likely N-dealkylation sites (tertiary alicyclic amines) is 1. The summed E-state index contributed by atoms with van der Waals surface area (Å²) in [5.74, 6) is 0.936. The summed E-state index contributed by atoms with van der Waals surface area (Å²) in [6.45, 7) is 5.50. The van der Waals surface area contributed by atoms with E-state index >= 15 is 0 Å². The van der Waals surface area contributed by atoms with Crippen LogP contribution in [0.5, 0.6) is 0 Å². The molecule has 3 amide bonds. The predicted octanol–water partition coefficient (Wildman–Crippen LogP) is 2.07. The first kappa shape index (κ1) is 24.2. The monoisotopic (exact) mass is 528 g/mol. The zero-order valence-electron chi connectivity index (χ0n) is 17.6. The second-order valence-electron chi connectivity index (χ2n) is 7.53. The van der Waals surface area contributed by atoms with Crippen molar-refractivity contribution in [3.05, 3.63) is 29.8 Å². The van der Waals surface area contributed by atoms with Crippen LogP contribution >= 0.6 is 24.0 Å². The Morgan fingerprint density at radius 3 is 2.63 bits per heavy atom. The number of carbonyl (C=O) groups is 2. The number of nitrogens with one attached hydrogen (secondary N) is 2. The Kier molecular flexibility index (Phi) is 9.67. The second kappa shape index (κ2) is 12.0. The van der Waals surface area contributed by atoms with Gasteiger partial charge in [0.25, 0.3) is 0 Å². The number of guanidine groups is 1. The molecule has 166 valence electrons. The third kappa shape index (κ3) is 6.48. The van der Waals surface area contributed by atoms with Gasteiger partial charge in [0.15, 0.2) is 5.96 Å². The molecule has 2 heterocycles. The molecule has 0 unspecified atom stereocenters. The SMILES string of the molecule is CCNC(=NCCCC(=O)N1CCc2ccccc21)NC1CCN(C(N)=O)CC1.I. The molecule has 0 saturated carbocycles. The van der Waals surface area contributed by atoms with Gasteiger partial charge in [-0.15, -0.1) is 24.0 Å². The molecule has 1 aromatic carbocycles. The van der Waals surface area contributed by atoms with Crippen LogP contribution in [0, 0.1) is 0 Å². The van der Waals surface area contributed by atoms with E-state index in [9.17, 15) is 9.59 Å². The van der Waals surface area contributed by atoms with Gasteiger partial charge in [-0.3, -0.25) is 9.79 Å². The number of hydrogen-bond donors (Lipinski definition) is 3. The number of nitrogens with two attached hydrogens (primary N) is 1. The lowest BCUT2D eigenvalue weighted by Gasteiger charge is -2.32. The number of hydrogen-bond acceptors (Lipinski definition) is 3. The third-order valence-corrected chi connectivity index (χ3v) is 5.50. The fourth-order valence-electron chi connectivity index (χ4n) is 3.91. The Hall–Kier alpha value is -2.04. The normalized spacial score (nSPS) is 16.6. The van der Waals surface area contributed by atoms with Crippen molar-refractivity contribution in [3.8, 4) is 0 Å². The Morgan fingerprint density at radius 1 is 1.20 bits per heavy atom. The zero-order chi connectivity index (χ0) is 20.6. The minimum absolute atomic E-state index is 0. The highest BCUT2D eigenvalue weighted by Crippen LogP contribution is 2.28. The Labute approximate surface area is 195 Å². The lowest BCUT2D eigenvalue weighted by atomic mass is 10.1. The maximum absolute atomic E-state index is 12.6. The molecule has 9 heteroatoms. The van der Waals surface area contributed by atoms with Crippen LogP contribution in [-0.2, 0) is 11.2 Å². The Bertz CT molecular complexity index is 749. The number of urea groups is 1. The van der Waals surface area contributed by atoms with Gasteiger partial charge in [-0.05, 0) is 44.2 Å². The number of primary amides is 1. The van der Waals surface area contributed by atoms with E-state index in [2.05, 4.69) is 21.7 Å². The average Bonchev–Trinajstić information content (AvgIpc) is 3.16. The number of para-hydroxylation sites is 1. The molecule has 0 aromatic heterocycles. The number of halogens is 1. The van der Waals surface area contributed by atoms with Gasteiger partial charge in [0.05, 0.1) is 0 Å². The molecule has 2 aliphatic rings. The largest absolute Gasteiger partial charge is 0.357 e. The number of piperidine rings is 1. The fourth-order valence-corrected chi connectivity index (χ4v) is 3.91. The minimum Gasteiger partial charge on any atom is -0.357 e. The van der Waals surface area contributed by atoms with Crippen molar-refractivity contribution in [3.63, 3.8) is 0 Å². The average molecular weight is 528 g/mol. The number of anilines is 1. The van der Waals surface area contributed by atoms with E-state index in [4.69, 9.17) is 5.73 Å². The maximum Gasteiger partial charge on any atom is 0.314 e. The first-order valence-electron chi connectivity index (χ1n) is 10.6. The molecule has 1 aromatic rings. The van der Waals surface area contributed by atoms with E-state index in [-0.39, 0.29) is 42.0 Å². The molecule has 4 N–H and O–H groups in total. The van der Waals surface area contributed by atoms with Crippen molar-refractivity contribution in [1.29, 1.82) is 0 Å². The topological polar surface area (TPSA) is 103 Å². The number of amides is 3. The summed E-state index contributed by atoms with van der Waals surface area (Å²) in [6, 6.07) is 8.04.